The van der Waals surface area contributed by atoms with Gasteiger partial charge in [0.2, 0.25) is 0 Å². The van der Waals surface area contributed by atoms with Crippen molar-refractivity contribution < 1.29 is 4.74 Å². The third-order valence-corrected chi connectivity index (χ3v) is 3.42. The highest BCUT2D eigenvalue weighted by atomic mass is 16.5. The third kappa shape index (κ3) is 2.88. The van der Waals surface area contributed by atoms with E-state index in [0.29, 0.717) is 0 Å². The van der Waals surface area contributed by atoms with Crippen LogP contribution in [0.4, 0.5) is 11.4 Å². The van der Waals surface area contributed by atoms with Crippen molar-refractivity contribution in [3.8, 4) is 5.75 Å². The number of hydrogen-bond donors (Lipinski definition) is 1. The summed E-state index contributed by atoms with van der Waals surface area (Å²) in [6.45, 7) is 7.41. The lowest BCUT2D eigenvalue weighted by Gasteiger charge is -2.34. The maximum atomic E-state index is 5.45. The zero-order chi connectivity index (χ0) is 13.0. The summed E-state index contributed by atoms with van der Waals surface area (Å²) in [4.78, 5) is 4.78. The van der Waals surface area contributed by atoms with E-state index >= 15 is 0 Å². The Morgan fingerprint density at radius 3 is 2.56 bits per heavy atom. The van der Waals surface area contributed by atoms with E-state index in [0.717, 1.165) is 44.2 Å². The molecule has 0 atom stereocenters. The molecule has 0 unspecified atom stereocenters. The van der Waals surface area contributed by atoms with Crippen molar-refractivity contribution in [3.63, 3.8) is 0 Å². The number of hydrogen-bond acceptors (Lipinski definition) is 4. The van der Waals surface area contributed by atoms with Crippen LogP contribution in [0.15, 0.2) is 18.2 Å². The molecule has 100 valence electrons. The molecular formula is C14H23N3O. The van der Waals surface area contributed by atoms with Crippen molar-refractivity contribution in [2.24, 2.45) is 0 Å². The monoisotopic (exact) mass is 249 g/mol. The molecule has 1 fully saturated rings. The molecule has 1 N–H and O–H groups in total. The molecule has 0 aliphatic carbocycles. The number of nitrogens with zero attached hydrogens (tertiary/aromatic N) is 2. The number of nitrogens with one attached hydrogen (secondary N) is 1. The van der Waals surface area contributed by atoms with Crippen LogP contribution in [0.3, 0.4) is 0 Å². The fourth-order valence-corrected chi connectivity index (χ4v) is 2.28. The summed E-state index contributed by atoms with van der Waals surface area (Å²) in [6, 6.07) is 6.41. The summed E-state index contributed by atoms with van der Waals surface area (Å²) in [6.07, 6.45) is 0. The van der Waals surface area contributed by atoms with Gasteiger partial charge < -0.3 is 19.9 Å². The summed E-state index contributed by atoms with van der Waals surface area (Å²) in [5.41, 5.74) is 2.32. The largest absolute Gasteiger partial charge is 0.495 e. The van der Waals surface area contributed by atoms with Gasteiger partial charge in [-0.15, -0.1) is 0 Å². The normalized spacial score (nSPS) is 16.7. The Balaban J connectivity index is 2.14. The SMILES string of the molecule is CCNc1ccc(N2CCN(C)CC2)cc1OC. The Hall–Kier alpha value is -1.42. The molecule has 0 saturated carbocycles. The number of anilines is 2. The van der Waals surface area contributed by atoms with Gasteiger partial charge in [0.1, 0.15) is 5.75 Å². The van der Waals surface area contributed by atoms with E-state index in [9.17, 15) is 0 Å². The molecule has 1 aromatic carbocycles. The lowest BCUT2D eigenvalue weighted by molar-refractivity contribution is 0.312. The van der Waals surface area contributed by atoms with Gasteiger partial charge in [-0.2, -0.15) is 0 Å². The molecule has 4 heteroatoms. The van der Waals surface area contributed by atoms with Gasteiger partial charge in [-0.3, -0.25) is 0 Å². The average molecular weight is 249 g/mol. The van der Waals surface area contributed by atoms with Crippen molar-refractivity contribution in [3.05, 3.63) is 18.2 Å². The number of rotatable bonds is 4. The van der Waals surface area contributed by atoms with E-state index in [1.54, 1.807) is 7.11 Å². The summed E-state index contributed by atoms with van der Waals surface area (Å²) >= 11 is 0. The Kier molecular flexibility index (Phi) is 4.31. The first-order chi connectivity index (χ1) is 8.74. The van der Waals surface area contributed by atoms with Gasteiger partial charge in [0.25, 0.3) is 0 Å². The minimum Gasteiger partial charge on any atom is -0.495 e. The van der Waals surface area contributed by atoms with Crippen LogP contribution in [0.1, 0.15) is 6.92 Å². The number of ether oxygens (including phenoxy) is 1. The van der Waals surface area contributed by atoms with E-state index < -0.39 is 0 Å². The van der Waals surface area contributed by atoms with Gasteiger partial charge in [0, 0.05) is 44.5 Å². The Labute approximate surface area is 110 Å². The molecule has 0 bridgehead atoms. The van der Waals surface area contributed by atoms with Crippen LogP contribution in [0, 0.1) is 0 Å². The molecule has 2 rings (SSSR count). The maximum Gasteiger partial charge on any atom is 0.144 e. The van der Waals surface area contributed by atoms with Crippen molar-refractivity contribution in [2.45, 2.75) is 6.92 Å². The average Bonchev–Trinajstić information content (AvgIpc) is 2.40. The second-order valence-corrected chi connectivity index (χ2v) is 4.71. The minimum absolute atomic E-state index is 0.907. The van der Waals surface area contributed by atoms with Crippen LogP contribution in [0.5, 0.6) is 5.75 Å². The maximum absolute atomic E-state index is 5.45. The smallest absolute Gasteiger partial charge is 0.144 e. The molecule has 1 aromatic rings. The molecule has 1 heterocycles. The molecule has 0 radical (unpaired) electrons. The van der Waals surface area contributed by atoms with E-state index in [4.69, 9.17) is 4.74 Å². The lowest BCUT2D eigenvalue weighted by atomic mass is 10.2. The Morgan fingerprint density at radius 1 is 1.22 bits per heavy atom. The molecule has 0 spiro atoms. The second kappa shape index (κ2) is 5.96. The molecule has 1 saturated heterocycles. The molecular weight excluding hydrogens is 226 g/mol. The number of methoxy groups -OCH3 is 1. The van der Waals surface area contributed by atoms with Crippen LogP contribution in [-0.2, 0) is 0 Å². The van der Waals surface area contributed by atoms with Crippen molar-refractivity contribution >= 4 is 11.4 Å². The highest BCUT2D eigenvalue weighted by molar-refractivity contribution is 5.64. The van der Waals surface area contributed by atoms with Gasteiger partial charge in [-0.1, -0.05) is 0 Å². The van der Waals surface area contributed by atoms with Crippen LogP contribution in [-0.4, -0.2) is 51.8 Å². The zero-order valence-electron chi connectivity index (χ0n) is 11.6. The molecule has 0 aromatic heterocycles. The Morgan fingerprint density at radius 2 is 1.94 bits per heavy atom. The molecule has 4 nitrogen and oxygen atoms in total. The number of piperazine rings is 1. The molecule has 1 aliphatic rings. The standard InChI is InChI=1S/C14H23N3O/c1-4-15-13-6-5-12(11-14(13)18-3)17-9-7-16(2)8-10-17/h5-6,11,15H,4,7-10H2,1-3H3. The summed E-state index contributed by atoms with van der Waals surface area (Å²) in [5, 5.41) is 3.31. The molecule has 18 heavy (non-hydrogen) atoms. The van der Waals surface area contributed by atoms with Crippen LogP contribution >= 0.6 is 0 Å². The first kappa shape index (κ1) is 13.0. The van der Waals surface area contributed by atoms with E-state index in [1.807, 2.05) is 0 Å². The quantitative estimate of drug-likeness (QED) is 0.882. The van der Waals surface area contributed by atoms with E-state index in [-0.39, 0.29) is 0 Å². The zero-order valence-corrected chi connectivity index (χ0v) is 11.6. The third-order valence-electron chi connectivity index (χ3n) is 3.42. The molecule has 0 amide bonds. The number of likely N-dealkylation sites (N-methyl/N-ethyl adjacent to an activating group) is 1. The van der Waals surface area contributed by atoms with Gasteiger partial charge in [0.15, 0.2) is 0 Å². The van der Waals surface area contributed by atoms with E-state index in [2.05, 4.69) is 47.3 Å². The fourth-order valence-electron chi connectivity index (χ4n) is 2.28. The lowest BCUT2D eigenvalue weighted by Crippen LogP contribution is -2.44. The fraction of sp³-hybridized carbons (Fsp3) is 0.571. The predicted molar refractivity (Wildman–Crippen MR) is 76.9 cm³/mol. The van der Waals surface area contributed by atoms with Crippen LogP contribution in [0.2, 0.25) is 0 Å². The highest BCUT2D eigenvalue weighted by Crippen LogP contribution is 2.30. The first-order valence-electron chi connectivity index (χ1n) is 6.60. The molecule has 1 aliphatic heterocycles. The van der Waals surface area contributed by atoms with Crippen LogP contribution in [0.25, 0.3) is 0 Å². The topological polar surface area (TPSA) is 27.7 Å². The van der Waals surface area contributed by atoms with Crippen molar-refractivity contribution in [1.29, 1.82) is 0 Å². The van der Waals surface area contributed by atoms with Crippen LogP contribution < -0.4 is 15.0 Å². The van der Waals surface area contributed by atoms with Gasteiger partial charge in [-0.25, -0.2) is 0 Å². The summed E-state index contributed by atoms with van der Waals surface area (Å²) in [7, 11) is 3.90. The highest BCUT2D eigenvalue weighted by Gasteiger charge is 2.15. The number of benzene rings is 1. The van der Waals surface area contributed by atoms with Gasteiger partial charge in [0.05, 0.1) is 12.8 Å². The van der Waals surface area contributed by atoms with Crippen molar-refractivity contribution in [2.75, 3.05) is 57.1 Å². The van der Waals surface area contributed by atoms with E-state index in [1.165, 1.54) is 5.69 Å². The summed E-state index contributed by atoms with van der Waals surface area (Å²) < 4.78 is 5.45. The summed E-state index contributed by atoms with van der Waals surface area (Å²) in [5.74, 6) is 0.924. The Bertz CT molecular complexity index is 387. The van der Waals surface area contributed by atoms with Gasteiger partial charge in [-0.05, 0) is 26.1 Å². The van der Waals surface area contributed by atoms with Gasteiger partial charge >= 0.3 is 0 Å². The second-order valence-electron chi connectivity index (χ2n) is 4.71. The van der Waals surface area contributed by atoms with Crippen molar-refractivity contribution in [1.82, 2.24) is 4.90 Å². The predicted octanol–water partition coefficient (Wildman–Crippen LogP) is 1.88. The minimum atomic E-state index is 0.907. The first-order valence-corrected chi connectivity index (χ1v) is 6.60.